The predicted octanol–water partition coefficient (Wildman–Crippen LogP) is 3.41. The zero-order valence-corrected chi connectivity index (χ0v) is 14.8. The first-order chi connectivity index (χ1) is 12.1. The van der Waals surface area contributed by atoms with E-state index in [-0.39, 0.29) is 0 Å². The monoisotopic (exact) mass is 352 g/mol. The Morgan fingerprint density at radius 3 is 1.60 bits per heavy atom. The molecule has 0 spiro atoms. The summed E-state index contributed by atoms with van der Waals surface area (Å²) in [5, 5.41) is 0. The van der Waals surface area contributed by atoms with E-state index in [1.54, 1.807) is 0 Å². The lowest BCUT2D eigenvalue weighted by Gasteiger charge is -2.23. The minimum atomic E-state index is -0.460. The molecule has 2 aliphatic rings. The second-order valence-electron chi connectivity index (χ2n) is 6.46. The Labute approximate surface area is 149 Å². The van der Waals surface area contributed by atoms with E-state index >= 15 is 0 Å². The molecule has 2 rings (SSSR count). The van der Waals surface area contributed by atoms with Crippen LogP contribution in [-0.2, 0) is 28.5 Å². The SMILES string of the molecule is C=C(CCCC(=C)C(=O)OC1CCCCO1)C(=O)OC1CCCCO1. The highest BCUT2D eigenvalue weighted by atomic mass is 16.7. The average Bonchev–Trinajstić information content (AvgIpc) is 2.63. The van der Waals surface area contributed by atoms with Gasteiger partial charge in [-0.15, -0.1) is 0 Å². The first kappa shape index (κ1) is 19.7. The fourth-order valence-electron chi connectivity index (χ4n) is 2.73. The summed E-state index contributed by atoms with van der Waals surface area (Å²) in [6.45, 7) is 8.76. The molecule has 6 heteroatoms. The maximum absolute atomic E-state index is 12.0. The van der Waals surface area contributed by atoms with E-state index in [4.69, 9.17) is 18.9 Å². The van der Waals surface area contributed by atoms with Crippen molar-refractivity contribution in [2.75, 3.05) is 13.2 Å². The largest absolute Gasteiger partial charge is 0.432 e. The fraction of sp³-hybridized carbons (Fsp3) is 0.684. The van der Waals surface area contributed by atoms with Gasteiger partial charge in [0, 0.05) is 24.0 Å². The van der Waals surface area contributed by atoms with Crippen molar-refractivity contribution in [3.63, 3.8) is 0 Å². The fourth-order valence-corrected chi connectivity index (χ4v) is 2.73. The maximum Gasteiger partial charge on any atom is 0.335 e. The lowest BCUT2D eigenvalue weighted by atomic mass is 10.1. The Bertz CT molecular complexity index is 442. The molecule has 0 amide bonds. The summed E-state index contributed by atoms with van der Waals surface area (Å²) in [5.41, 5.74) is 0.761. The third-order valence-corrected chi connectivity index (χ3v) is 4.29. The summed E-state index contributed by atoms with van der Waals surface area (Å²) >= 11 is 0. The molecule has 2 saturated heterocycles. The standard InChI is InChI=1S/C19H28O6/c1-14(18(20)24-16-10-3-5-12-22-16)8-7-9-15(2)19(21)25-17-11-4-6-13-23-17/h16-17H,1-13H2. The maximum atomic E-state index is 12.0. The number of hydrogen-bond acceptors (Lipinski definition) is 6. The summed E-state index contributed by atoms with van der Waals surface area (Å²) in [6, 6.07) is 0. The first-order valence-corrected chi connectivity index (χ1v) is 9.07. The van der Waals surface area contributed by atoms with Crippen molar-refractivity contribution in [2.45, 2.75) is 70.4 Å². The molecule has 2 aliphatic heterocycles. The van der Waals surface area contributed by atoms with Gasteiger partial charge in [-0.05, 0) is 44.9 Å². The summed E-state index contributed by atoms with van der Waals surface area (Å²) in [5.74, 6) is -0.869. The zero-order valence-electron chi connectivity index (χ0n) is 14.8. The molecule has 0 saturated carbocycles. The molecule has 0 aromatic rings. The number of carbonyl (C=O) groups is 2. The van der Waals surface area contributed by atoms with Crippen molar-refractivity contribution in [2.24, 2.45) is 0 Å². The molecule has 25 heavy (non-hydrogen) atoms. The Hall–Kier alpha value is -1.66. The van der Waals surface area contributed by atoms with Gasteiger partial charge in [-0.2, -0.15) is 0 Å². The molecule has 0 aliphatic carbocycles. The minimum Gasteiger partial charge on any atom is -0.432 e. The molecule has 0 N–H and O–H groups in total. The highest BCUT2D eigenvalue weighted by molar-refractivity contribution is 5.88. The molecule has 140 valence electrons. The summed E-state index contributed by atoms with van der Waals surface area (Å²) in [7, 11) is 0. The smallest absolute Gasteiger partial charge is 0.335 e. The van der Waals surface area contributed by atoms with Crippen LogP contribution in [0.2, 0.25) is 0 Å². The van der Waals surface area contributed by atoms with Crippen LogP contribution in [0, 0.1) is 0 Å². The van der Waals surface area contributed by atoms with Crippen LogP contribution < -0.4 is 0 Å². The first-order valence-electron chi connectivity index (χ1n) is 9.07. The van der Waals surface area contributed by atoms with Gasteiger partial charge in [0.15, 0.2) is 0 Å². The van der Waals surface area contributed by atoms with Crippen molar-refractivity contribution in [3.8, 4) is 0 Å². The van der Waals surface area contributed by atoms with Crippen LogP contribution in [0.25, 0.3) is 0 Å². The Kier molecular flexibility index (Phi) is 8.15. The third kappa shape index (κ3) is 7.00. The second-order valence-corrected chi connectivity index (χ2v) is 6.46. The topological polar surface area (TPSA) is 71.1 Å². The van der Waals surface area contributed by atoms with Gasteiger partial charge in [-0.3, -0.25) is 0 Å². The molecule has 2 unspecified atom stereocenters. The highest BCUT2D eigenvalue weighted by Crippen LogP contribution is 2.19. The van der Waals surface area contributed by atoms with Crippen LogP contribution >= 0.6 is 0 Å². The molecule has 6 nitrogen and oxygen atoms in total. The van der Waals surface area contributed by atoms with Crippen molar-refractivity contribution >= 4 is 11.9 Å². The van der Waals surface area contributed by atoms with E-state index in [9.17, 15) is 9.59 Å². The van der Waals surface area contributed by atoms with Crippen molar-refractivity contribution in [1.82, 2.24) is 0 Å². The number of carbonyl (C=O) groups excluding carboxylic acids is 2. The lowest BCUT2D eigenvalue weighted by Crippen LogP contribution is -2.26. The van der Waals surface area contributed by atoms with Crippen LogP contribution in [0.1, 0.15) is 57.8 Å². The van der Waals surface area contributed by atoms with Crippen molar-refractivity contribution in [1.29, 1.82) is 0 Å². The van der Waals surface area contributed by atoms with Gasteiger partial charge in [0.25, 0.3) is 0 Å². The molecule has 0 aromatic heterocycles. The molecular formula is C19H28O6. The highest BCUT2D eigenvalue weighted by Gasteiger charge is 2.21. The van der Waals surface area contributed by atoms with Gasteiger partial charge in [-0.25, -0.2) is 9.59 Å². The number of esters is 2. The van der Waals surface area contributed by atoms with Crippen LogP contribution in [0.4, 0.5) is 0 Å². The molecule has 0 radical (unpaired) electrons. The average molecular weight is 352 g/mol. The van der Waals surface area contributed by atoms with E-state index in [0.29, 0.717) is 43.6 Å². The van der Waals surface area contributed by atoms with E-state index in [0.717, 1.165) is 38.5 Å². The summed E-state index contributed by atoms with van der Waals surface area (Å²) in [4.78, 5) is 23.9. The predicted molar refractivity (Wildman–Crippen MR) is 91.5 cm³/mol. The van der Waals surface area contributed by atoms with Gasteiger partial charge in [0.1, 0.15) is 0 Å². The molecule has 2 fully saturated rings. The van der Waals surface area contributed by atoms with E-state index in [1.165, 1.54) is 0 Å². The van der Waals surface area contributed by atoms with Crippen LogP contribution in [0.3, 0.4) is 0 Å². The Balaban J connectivity index is 1.61. The van der Waals surface area contributed by atoms with Crippen molar-refractivity contribution < 1.29 is 28.5 Å². The van der Waals surface area contributed by atoms with E-state index in [1.807, 2.05) is 0 Å². The third-order valence-electron chi connectivity index (χ3n) is 4.29. The van der Waals surface area contributed by atoms with Crippen molar-refractivity contribution in [3.05, 3.63) is 24.3 Å². The number of rotatable bonds is 8. The minimum absolute atomic E-state index is 0.381. The molecular weight excluding hydrogens is 324 g/mol. The Morgan fingerprint density at radius 1 is 0.800 bits per heavy atom. The Morgan fingerprint density at radius 2 is 1.24 bits per heavy atom. The lowest BCUT2D eigenvalue weighted by molar-refractivity contribution is -0.183. The summed E-state index contributed by atoms with van der Waals surface area (Å²) in [6.07, 6.45) is 5.99. The normalized spacial score (nSPS) is 23.5. The molecule has 0 bridgehead atoms. The summed E-state index contributed by atoms with van der Waals surface area (Å²) < 4.78 is 21.3. The van der Waals surface area contributed by atoms with Crippen LogP contribution in [0.15, 0.2) is 24.3 Å². The second kappa shape index (κ2) is 10.4. The van der Waals surface area contributed by atoms with Gasteiger partial charge >= 0.3 is 11.9 Å². The van der Waals surface area contributed by atoms with Crippen LogP contribution in [-0.4, -0.2) is 37.7 Å². The zero-order chi connectivity index (χ0) is 18.1. The molecule has 2 atom stereocenters. The van der Waals surface area contributed by atoms with E-state index < -0.39 is 24.5 Å². The van der Waals surface area contributed by atoms with Gasteiger partial charge in [0.2, 0.25) is 12.6 Å². The quantitative estimate of drug-likeness (QED) is 0.492. The van der Waals surface area contributed by atoms with Gasteiger partial charge in [-0.1, -0.05) is 13.2 Å². The number of ether oxygens (including phenoxy) is 4. The molecule has 0 aromatic carbocycles. The van der Waals surface area contributed by atoms with Crippen LogP contribution in [0.5, 0.6) is 0 Å². The number of hydrogen-bond donors (Lipinski definition) is 0. The molecule has 2 heterocycles. The van der Waals surface area contributed by atoms with Gasteiger partial charge < -0.3 is 18.9 Å². The van der Waals surface area contributed by atoms with Gasteiger partial charge in [0.05, 0.1) is 13.2 Å². The van der Waals surface area contributed by atoms with E-state index in [2.05, 4.69) is 13.2 Å².